The van der Waals surface area contributed by atoms with Crippen LogP contribution in [0.15, 0.2) is 53.4 Å². The molecule has 0 aliphatic carbocycles. The summed E-state index contributed by atoms with van der Waals surface area (Å²) in [5, 5.41) is 2.70. The molecule has 0 aliphatic heterocycles. The number of benzene rings is 2. The minimum absolute atomic E-state index is 0.0283. The summed E-state index contributed by atoms with van der Waals surface area (Å²) < 4.78 is 29.3. The minimum Gasteiger partial charge on any atom is -0.455 e. The lowest BCUT2D eigenvalue weighted by molar-refractivity contribution is -0.148. The van der Waals surface area contributed by atoms with Gasteiger partial charge in [-0.25, -0.2) is 8.42 Å². The molecule has 0 saturated carbocycles. The first kappa shape index (κ1) is 24.8. The van der Waals surface area contributed by atoms with Crippen LogP contribution >= 0.6 is 11.6 Å². The summed E-state index contributed by atoms with van der Waals surface area (Å²) in [6.07, 6.45) is -0.477. The Morgan fingerprint density at radius 1 is 0.969 bits per heavy atom. The molecule has 0 heterocycles. The quantitative estimate of drug-likeness (QED) is 0.382. The predicted octanol–water partition coefficient (Wildman–Crippen LogP) is 1.47. The average Bonchev–Trinajstić information content (AvgIpc) is 2.75. The highest BCUT2D eigenvalue weighted by atomic mass is 35.5. The van der Waals surface area contributed by atoms with E-state index in [1.54, 1.807) is 12.1 Å². The van der Waals surface area contributed by atoms with Crippen molar-refractivity contribution >= 4 is 50.8 Å². The summed E-state index contributed by atoms with van der Waals surface area (Å²) in [6.45, 7) is 0.608. The molecule has 0 atom stereocenters. The Morgan fingerprint density at radius 3 is 2.25 bits per heavy atom. The maximum Gasteiger partial charge on any atom is 0.307 e. The smallest absolute Gasteiger partial charge is 0.307 e. The van der Waals surface area contributed by atoms with Crippen molar-refractivity contribution in [1.29, 1.82) is 0 Å². The summed E-state index contributed by atoms with van der Waals surface area (Å²) in [5.74, 6) is -3.22. The topological polar surface area (TPSA) is 148 Å². The second kappa shape index (κ2) is 11.3. The van der Waals surface area contributed by atoms with E-state index in [1.165, 1.54) is 43.3 Å². The van der Waals surface area contributed by atoms with Crippen molar-refractivity contribution < 1.29 is 32.3 Å². The van der Waals surface area contributed by atoms with E-state index in [9.17, 15) is 27.6 Å². The summed E-state index contributed by atoms with van der Waals surface area (Å²) >= 11 is 5.87. The number of hydrogen-bond acceptors (Lipinski definition) is 7. The maximum atomic E-state index is 12.3. The van der Waals surface area contributed by atoms with Crippen molar-refractivity contribution in [3.05, 3.63) is 59.1 Å². The molecule has 0 fully saturated rings. The van der Waals surface area contributed by atoms with Crippen LogP contribution in [-0.4, -0.2) is 44.5 Å². The van der Waals surface area contributed by atoms with E-state index >= 15 is 0 Å². The van der Waals surface area contributed by atoms with Gasteiger partial charge in [0.05, 0.1) is 27.7 Å². The molecule has 3 amide bonds. The van der Waals surface area contributed by atoms with Crippen molar-refractivity contribution in [2.75, 3.05) is 17.7 Å². The van der Waals surface area contributed by atoms with Crippen molar-refractivity contribution in [3.8, 4) is 0 Å². The van der Waals surface area contributed by atoms with Crippen LogP contribution in [0.3, 0.4) is 0 Å². The number of nitrogens with one attached hydrogen (secondary N) is 3. The van der Waals surface area contributed by atoms with Crippen LogP contribution in [0.5, 0.6) is 0 Å². The van der Waals surface area contributed by atoms with Gasteiger partial charge in [0.25, 0.3) is 11.8 Å². The van der Waals surface area contributed by atoms with Crippen molar-refractivity contribution in [1.82, 2.24) is 10.9 Å². The highest BCUT2D eigenvalue weighted by Crippen LogP contribution is 2.16. The number of hydrazine groups is 1. The number of carbonyl (C=O) groups is 4. The molecule has 0 bridgehead atoms. The molecule has 3 N–H and O–H groups in total. The molecular formula is C20H20ClN3O7S. The number of sulfone groups is 1. The average molecular weight is 482 g/mol. The second-order valence-electron chi connectivity index (χ2n) is 6.42. The molecule has 170 valence electrons. The van der Waals surface area contributed by atoms with Gasteiger partial charge in [0.15, 0.2) is 16.4 Å². The number of halogens is 1. The SMILES string of the molecule is CC(=O)Nc1ccc(S(=O)(=O)CCC(=O)OCC(=O)NNC(=O)c2ccccc2Cl)cc1. The normalized spacial score (nSPS) is 10.7. The van der Waals surface area contributed by atoms with Gasteiger partial charge in [-0.2, -0.15) is 0 Å². The maximum absolute atomic E-state index is 12.3. The molecule has 32 heavy (non-hydrogen) atoms. The molecule has 12 heteroatoms. The van der Waals surface area contributed by atoms with Crippen molar-refractivity contribution in [2.45, 2.75) is 18.2 Å². The number of rotatable bonds is 8. The molecule has 10 nitrogen and oxygen atoms in total. The second-order valence-corrected chi connectivity index (χ2v) is 8.93. The number of carbonyl (C=O) groups excluding carboxylic acids is 4. The first-order valence-corrected chi connectivity index (χ1v) is 11.2. The van der Waals surface area contributed by atoms with Gasteiger partial charge >= 0.3 is 5.97 Å². The third kappa shape index (κ3) is 7.67. The molecule has 0 spiro atoms. The van der Waals surface area contributed by atoms with Crippen LogP contribution in [0.1, 0.15) is 23.7 Å². The van der Waals surface area contributed by atoms with Gasteiger partial charge in [0.2, 0.25) is 5.91 Å². The highest BCUT2D eigenvalue weighted by molar-refractivity contribution is 7.91. The van der Waals surface area contributed by atoms with Gasteiger partial charge in [0, 0.05) is 12.6 Å². The lowest BCUT2D eigenvalue weighted by Crippen LogP contribution is -2.43. The van der Waals surface area contributed by atoms with E-state index in [0.29, 0.717) is 5.69 Å². The lowest BCUT2D eigenvalue weighted by atomic mass is 10.2. The molecule has 2 aromatic carbocycles. The fraction of sp³-hybridized carbons (Fsp3) is 0.200. The summed E-state index contributed by atoms with van der Waals surface area (Å²) in [4.78, 5) is 46.4. The molecule has 0 unspecified atom stereocenters. The fourth-order valence-corrected chi connectivity index (χ4v) is 3.82. The number of esters is 1. The van der Waals surface area contributed by atoms with E-state index in [4.69, 9.17) is 16.3 Å². The van der Waals surface area contributed by atoms with E-state index in [2.05, 4.69) is 16.2 Å². The first-order valence-electron chi connectivity index (χ1n) is 9.18. The zero-order valence-electron chi connectivity index (χ0n) is 16.9. The van der Waals surface area contributed by atoms with Gasteiger partial charge in [-0.1, -0.05) is 23.7 Å². The van der Waals surface area contributed by atoms with Crippen LogP contribution in [0, 0.1) is 0 Å². The van der Waals surface area contributed by atoms with Crippen LogP contribution in [-0.2, 0) is 29.0 Å². The Hall–Kier alpha value is -3.44. The fourth-order valence-electron chi connectivity index (χ4n) is 2.38. The van der Waals surface area contributed by atoms with Crippen LogP contribution in [0.2, 0.25) is 5.02 Å². The third-order valence-corrected chi connectivity index (χ3v) is 5.97. The van der Waals surface area contributed by atoms with Crippen molar-refractivity contribution in [2.24, 2.45) is 0 Å². The van der Waals surface area contributed by atoms with Gasteiger partial charge in [-0.15, -0.1) is 0 Å². The minimum atomic E-state index is -3.78. The Labute approximate surface area is 189 Å². The predicted molar refractivity (Wildman–Crippen MR) is 115 cm³/mol. The van der Waals surface area contributed by atoms with Crippen LogP contribution < -0.4 is 16.2 Å². The summed E-state index contributed by atoms with van der Waals surface area (Å²) in [7, 11) is -3.78. The van der Waals surface area contributed by atoms with Crippen LogP contribution in [0.25, 0.3) is 0 Å². The number of hydrogen-bond donors (Lipinski definition) is 3. The lowest BCUT2D eigenvalue weighted by Gasteiger charge is -2.09. The number of ether oxygens (including phenoxy) is 1. The van der Waals surface area contributed by atoms with E-state index in [1.807, 2.05) is 0 Å². The van der Waals surface area contributed by atoms with E-state index < -0.39 is 46.4 Å². The molecule has 2 aromatic rings. The van der Waals surface area contributed by atoms with Gasteiger partial charge in [-0.3, -0.25) is 30.0 Å². The number of anilines is 1. The van der Waals surface area contributed by atoms with E-state index in [0.717, 1.165) is 0 Å². The molecule has 2 rings (SSSR count). The zero-order valence-corrected chi connectivity index (χ0v) is 18.5. The van der Waals surface area contributed by atoms with Gasteiger partial charge in [-0.05, 0) is 36.4 Å². The summed E-state index contributed by atoms with van der Waals surface area (Å²) in [6, 6.07) is 11.7. The Balaban J connectivity index is 1.76. The molecule has 0 aromatic heterocycles. The molecular weight excluding hydrogens is 462 g/mol. The molecule has 0 saturated heterocycles. The van der Waals surface area contributed by atoms with Crippen LogP contribution in [0.4, 0.5) is 5.69 Å². The monoisotopic (exact) mass is 481 g/mol. The molecule has 0 radical (unpaired) electrons. The number of amides is 3. The Kier molecular flexibility index (Phi) is 8.73. The van der Waals surface area contributed by atoms with Gasteiger partial charge < -0.3 is 10.1 Å². The Morgan fingerprint density at radius 2 is 1.62 bits per heavy atom. The highest BCUT2D eigenvalue weighted by Gasteiger charge is 2.18. The Bertz CT molecular complexity index is 1120. The largest absolute Gasteiger partial charge is 0.455 e. The first-order chi connectivity index (χ1) is 15.1. The molecule has 0 aliphatic rings. The summed E-state index contributed by atoms with van der Waals surface area (Å²) in [5.41, 5.74) is 4.75. The van der Waals surface area contributed by atoms with Crippen molar-refractivity contribution in [3.63, 3.8) is 0 Å². The third-order valence-electron chi connectivity index (χ3n) is 3.91. The van der Waals surface area contributed by atoms with E-state index in [-0.39, 0.29) is 21.4 Å². The van der Waals surface area contributed by atoms with Gasteiger partial charge in [0.1, 0.15) is 0 Å². The zero-order chi connectivity index (χ0) is 23.7. The standard InChI is InChI=1S/C20H20ClN3O7S/c1-13(25)22-14-6-8-15(9-7-14)32(29,30)11-10-19(27)31-12-18(26)23-24-20(28)16-4-2-3-5-17(16)21/h2-9H,10-12H2,1H3,(H,22,25)(H,23,26)(H,24,28).